The average Bonchev–Trinajstić information content (AvgIpc) is 2.43. The van der Waals surface area contributed by atoms with Crippen LogP contribution in [-0.2, 0) is 4.79 Å². The van der Waals surface area contributed by atoms with Crippen molar-refractivity contribution in [2.45, 2.75) is 58.4 Å². The van der Waals surface area contributed by atoms with Crippen LogP contribution in [0, 0.1) is 5.92 Å². The van der Waals surface area contributed by atoms with E-state index < -0.39 is 0 Å². The first kappa shape index (κ1) is 24.2. The average molecular weight is 356 g/mol. The number of carbonyl (C=O) groups excluding carboxylic acids is 1. The molecule has 1 saturated heterocycles. The number of halogens is 2. The third-order valence-electron chi connectivity index (χ3n) is 4.24. The number of nitrogens with two attached hydrogens (primary N) is 1. The highest BCUT2D eigenvalue weighted by Crippen LogP contribution is 2.19. The van der Waals surface area contributed by atoms with Gasteiger partial charge in [-0.3, -0.25) is 4.79 Å². The molecule has 1 atom stereocenters. The Labute approximate surface area is 149 Å². The predicted molar refractivity (Wildman–Crippen MR) is 99.1 cm³/mol. The first-order chi connectivity index (χ1) is 9.52. The molecule has 1 fully saturated rings. The van der Waals surface area contributed by atoms with Crippen LogP contribution in [0.2, 0.25) is 0 Å². The number of hydrogen-bond donors (Lipinski definition) is 1. The van der Waals surface area contributed by atoms with Gasteiger partial charge in [-0.2, -0.15) is 0 Å². The molecule has 0 aromatic heterocycles. The first-order valence-electron chi connectivity index (χ1n) is 8.24. The zero-order valence-corrected chi connectivity index (χ0v) is 16.1. The van der Waals surface area contributed by atoms with Crippen LogP contribution in [0.25, 0.3) is 0 Å². The summed E-state index contributed by atoms with van der Waals surface area (Å²) in [6, 6.07) is 0.128. The fourth-order valence-corrected chi connectivity index (χ4v) is 2.83. The Kier molecular flexibility index (Phi) is 14.8. The van der Waals surface area contributed by atoms with Crippen molar-refractivity contribution < 1.29 is 4.79 Å². The summed E-state index contributed by atoms with van der Waals surface area (Å²) >= 11 is 0. The van der Waals surface area contributed by atoms with Gasteiger partial charge < -0.3 is 15.5 Å². The van der Waals surface area contributed by atoms with E-state index in [2.05, 4.69) is 18.9 Å². The number of unbranched alkanes of at least 4 members (excludes halogenated alkanes) is 1. The van der Waals surface area contributed by atoms with Crippen LogP contribution in [0.4, 0.5) is 0 Å². The Morgan fingerprint density at radius 1 is 1.32 bits per heavy atom. The smallest absolute Gasteiger partial charge is 0.222 e. The quantitative estimate of drug-likeness (QED) is 0.728. The van der Waals surface area contributed by atoms with Crippen molar-refractivity contribution in [2.75, 3.05) is 33.2 Å². The molecule has 134 valence electrons. The number of piperidine rings is 1. The molecular weight excluding hydrogens is 321 g/mol. The van der Waals surface area contributed by atoms with Crippen LogP contribution >= 0.6 is 24.8 Å². The summed E-state index contributed by atoms with van der Waals surface area (Å²) < 4.78 is 0. The number of amides is 1. The van der Waals surface area contributed by atoms with Gasteiger partial charge in [0.2, 0.25) is 5.91 Å². The Morgan fingerprint density at radius 2 is 1.91 bits per heavy atom. The van der Waals surface area contributed by atoms with Crippen LogP contribution in [0.3, 0.4) is 0 Å². The van der Waals surface area contributed by atoms with Crippen molar-refractivity contribution >= 4 is 30.7 Å². The van der Waals surface area contributed by atoms with E-state index in [9.17, 15) is 4.79 Å². The lowest BCUT2D eigenvalue weighted by atomic mass is 9.96. The third kappa shape index (κ3) is 9.88. The zero-order valence-electron chi connectivity index (χ0n) is 14.4. The maximum Gasteiger partial charge on any atom is 0.222 e. The van der Waals surface area contributed by atoms with Gasteiger partial charge in [0.15, 0.2) is 0 Å². The van der Waals surface area contributed by atoms with E-state index in [1.165, 1.54) is 25.9 Å². The number of likely N-dealkylation sites (tertiary alicyclic amines) is 1. The van der Waals surface area contributed by atoms with Crippen LogP contribution < -0.4 is 5.73 Å². The molecule has 2 N–H and O–H groups in total. The van der Waals surface area contributed by atoms with Gasteiger partial charge in [0.25, 0.3) is 0 Å². The first-order valence-corrected chi connectivity index (χ1v) is 8.24. The molecule has 0 aliphatic carbocycles. The number of rotatable bonds is 8. The summed E-state index contributed by atoms with van der Waals surface area (Å²) in [4.78, 5) is 16.5. The van der Waals surface area contributed by atoms with E-state index in [-0.39, 0.29) is 30.9 Å². The van der Waals surface area contributed by atoms with Crippen molar-refractivity contribution in [1.29, 1.82) is 0 Å². The van der Waals surface area contributed by atoms with Gasteiger partial charge in [0, 0.05) is 32.1 Å². The highest BCUT2D eigenvalue weighted by atomic mass is 35.5. The van der Waals surface area contributed by atoms with Gasteiger partial charge in [-0.15, -0.1) is 24.8 Å². The SMILES string of the molecule is CCCCN(C)CC1CCN(C(=O)CCC(C)N)CC1.Cl.Cl. The van der Waals surface area contributed by atoms with Crippen LogP contribution in [0.1, 0.15) is 52.4 Å². The van der Waals surface area contributed by atoms with E-state index in [0.717, 1.165) is 38.3 Å². The van der Waals surface area contributed by atoms with E-state index in [4.69, 9.17) is 5.73 Å². The minimum Gasteiger partial charge on any atom is -0.343 e. The molecule has 0 saturated carbocycles. The molecule has 1 rings (SSSR count). The van der Waals surface area contributed by atoms with Crippen LogP contribution in [0.5, 0.6) is 0 Å². The summed E-state index contributed by atoms with van der Waals surface area (Å²) in [5, 5.41) is 0. The fourth-order valence-electron chi connectivity index (χ4n) is 2.83. The van der Waals surface area contributed by atoms with Gasteiger partial charge in [0.05, 0.1) is 0 Å². The molecule has 6 heteroatoms. The number of nitrogens with zero attached hydrogens (tertiary/aromatic N) is 2. The second-order valence-corrected chi connectivity index (χ2v) is 6.46. The van der Waals surface area contributed by atoms with Crippen molar-refractivity contribution in [2.24, 2.45) is 11.7 Å². The highest BCUT2D eigenvalue weighted by molar-refractivity contribution is 5.85. The molecule has 1 aliphatic heterocycles. The predicted octanol–water partition coefficient (Wildman–Crippen LogP) is 2.93. The molecule has 0 spiro atoms. The summed E-state index contributed by atoms with van der Waals surface area (Å²) in [6.45, 7) is 8.45. The number of hydrogen-bond acceptors (Lipinski definition) is 3. The molecular formula is C16H35Cl2N3O. The van der Waals surface area contributed by atoms with Gasteiger partial charge in [-0.05, 0) is 52.1 Å². The Hall–Kier alpha value is -0.0300. The van der Waals surface area contributed by atoms with Crippen molar-refractivity contribution in [3.63, 3.8) is 0 Å². The lowest BCUT2D eigenvalue weighted by molar-refractivity contribution is -0.132. The summed E-state index contributed by atoms with van der Waals surface area (Å²) in [5.41, 5.74) is 5.71. The molecule has 0 aromatic carbocycles. The van der Waals surface area contributed by atoms with Gasteiger partial charge in [0.1, 0.15) is 0 Å². The summed E-state index contributed by atoms with van der Waals surface area (Å²) in [6.07, 6.45) is 6.26. The molecule has 1 amide bonds. The monoisotopic (exact) mass is 355 g/mol. The minimum absolute atomic E-state index is 0. The van der Waals surface area contributed by atoms with Crippen molar-refractivity contribution in [3.8, 4) is 0 Å². The molecule has 0 radical (unpaired) electrons. The topological polar surface area (TPSA) is 49.6 Å². The minimum atomic E-state index is 0. The molecule has 1 unspecified atom stereocenters. The van der Waals surface area contributed by atoms with Crippen LogP contribution in [-0.4, -0.2) is 55.0 Å². The Bertz CT molecular complexity index is 283. The van der Waals surface area contributed by atoms with E-state index in [0.29, 0.717) is 12.3 Å². The molecule has 4 nitrogen and oxygen atoms in total. The van der Waals surface area contributed by atoms with Gasteiger partial charge in [-0.25, -0.2) is 0 Å². The van der Waals surface area contributed by atoms with Crippen molar-refractivity contribution in [1.82, 2.24) is 9.80 Å². The maximum atomic E-state index is 12.0. The second kappa shape index (κ2) is 13.4. The van der Waals surface area contributed by atoms with E-state index >= 15 is 0 Å². The van der Waals surface area contributed by atoms with Gasteiger partial charge in [-0.1, -0.05) is 13.3 Å². The van der Waals surface area contributed by atoms with E-state index in [1.54, 1.807) is 0 Å². The second-order valence-electron chi connectivity index (χ2n) is 6.46. The Balaban J connectivity index is 0. The summed E-state index contributed by atoms with van der Waals surface area (Å²) in [7, 11) is 2.22. The van der Waals surface area contributed by atoms with Gasteiger partial charge >= 0.3 is 0 Å². The lowest BCUT2D eigenvalue weighted by Crippen LogP contribution is -2.41. The normalized spacial score (nSPS) is 16.9. The zero-order chi connectivity index (χ0) is 15.0. The number of carbonyl (C=O) groups is 1. The maximum absolute atomic E-state index is 12.0. The van der Waals surface area contributed by atoms with E-state index in [1.807, 2.05) is 11.8 Å². The molecule has 1 aliphatic rings. The molecule has 0 aromatic rings. The summed E-state index contributed by atoms with van der Waals surface area (Å²) in [5.74, 6) is 1.05. The molecule has 0 bridgehead atoms. The van der Waals surface area contributed by atoms with Crippen molar-refractivity contribution in [3.05, 3.63) is 0 Å². The standard InChI is InChI=1S/C16H33N3O.2ClH/c1-4-5-10-18(3)13-15-8-11-19(12-9-15)16(20)7-6-14(2)17;;/h14-15H,4-13,17H2,1-3H3;2*1H. The van der Waals surface area contributed by atoms with Crippen LogP contribution in [0.15, 0.2) is 0 Å². The Morgan fingerprint density at radius 3 is 2.41 bits per heavy atom. The molecule has 1 heterocycles. The highest BCUT2D eigenvalue weighted by Gasteiger charge is 2.23. The lowest BCUT2D eigenvalue weighted by Gasteiger charge is -2.34. The largest absolute Gasteiger partial charge is 0.343 e. The third-order valence-corrected chi connectivity index (χ3v) is 4.24. The fraction of sp³-hybridized carbons (Fsp3) is 0.938. The molecule has 22 heavy (non-hydrogen) atoms.